The van der Waals surface area contributed by atoms with Crippen LogP contribution in [0.2, 0.25) is 0 Å². The summed E-state index contributed by atoms with van der Waals surface area (Å²) in [7, 11) is -3.60. The highest BCUT2D eigenvalue weighted by Gasteiger charge is 2.29. The second kappa shape index (κ2) is 10.6. The molecule has 32 heavy (non-hydrogen) atoms. The molecule has 1 aliphatic heterocycles. The number of nitrogens with one attached hydrogen (secondary N) is 1. The van der Waals surface area contributed by atoms with Crippen molar-refractivity contribution in [3.63, 3.8) is 0 Å². The van der Waals surface area contributed by atoms with Crippen LogP contribution in [0.15, 0.2) is 47.6 Å². The average Bonchev–Trinajstić information content (AvgIpc) is 3.27. The predicted octanol–water partition coefficient (Wildman–Crippen LogP) is 1.25. The third-order valence-electron chi connectivity index (χ3n) is 5.17. The van der Waals surface area contributed by atoms with E-state index < -0.39 is 16.6 Å². The number of hydrogen-bond acceptors (Lipinski definition) is 5. The van der Waals surface area contributed by atoms with E-state index in [1.165, 1.54) is 28.8 Å². The molecule has 0 unspecified atom stereocenters. The van der Waals surface area contributed by atoms with Crippen LogP contribution in [0.3, 0.4) is 0 Å². The lowest BCUT2D eigenvalue weighted by Crippen LogP contribution is -2.50. The molecule has 12 heteroatoms. The fraction of sp³-hybridized carbons (Fsp3) is 0.450. The van der Waals surface area contributed by atoms with Crippen molar-refractivity contribution in [2.45, 2.75) is 30.7 Å². The minimum absolute atomic E-state index is 0.0110. The molecule has 3 rings (SSSR count). The summed E-state index contributed by atoms with van der Waals surface area (Å²) < 4.78 is 52.9. The number of aromatic nitrogens is 2. The van der Waals surface area contributed by atoms with E-state index in [1.54, 1.807) is 23.1 Å². The van der Waals surface area contributed by atoms with Crippen LogP contribution < -0.4 is 5.32 Å². The first-order valence-electron chi connectivity index (χ1n) is 10.2. The highest BCUT2D eigenvalue weighted by molar-refractivity contribution is 7.89. The van der Waals surface area contributed by atoms with Gasteiger partial charge in [-0.15, -0.1) is 0 Å². The quantitative estimate of drug-likeness (QED) is 0.595. The van der Waals surface area contributed by atoms with Crippen LogP contribution >= 0.6 is 0 Å². The van der Waals surface area contributed by atoms with Gasteiger partial charge >= 0.3 is 6.55 Å². The van der Waals surface area contributed by atoms with Crippen molar-refractivity contribution in [3.8, 4) is 0 Å². The molecule has 1 fully saturated rings. The van der Waals surface area contributed by atoms with Gasteiger partial charge in [0.2, 0.25) is 21.8 Å². The molecular weight excluding hydrogens is 444 g/mol. The van der Waals surface area contributed by atoms with Gasteiger partial charge in [-0.25, -0.2) is 13.4 Å². The number of hydrogen-bond donors (Lipinski definition) is 1. The molecular formula is C20H25F2N5O4S. The standard InChI is InChI=1S/C20H25F2N5O4S/c21-20(22)27-11-10-23-17(27)8-9-24-18(28)6-7-19(29)25-12-14-26(15-13-25)32(30,31)16-4-2-1-3-5-16/h1-5,10-11,20H,6-9,12-15H2,(H,24,28). The number of amides is 2. The number of rotatable bonds is 9. The maximum atomic E-state index is 12.8. The minimum Gasteiger partial charge on any atom is -0.356 e. The van der Waals surface area contributed by atoms with Gasteiger partial charge in [0.1, 0.15) is 5.82 Å². The molecule has 174 valence electrons. The largest absolute Gasteiger partial charge is 0.356 e. The number of imidazole rings is 1. The van der Waals surface area contributed by atoms with Crippen LogP contribution in [0.1, 0.15) is 25.2 Å². The van der Waals surface area contributed by atoms with E-state index in [9.17, 15) is 26.8 Å². The molecule has 1 aromatic carbocycles. The number of benzene rings is 1. The normalized spacial score (nSPS) is 15.2. The van der Waals surface area contributed by atoms with Crippen LogP contribution in [-0.4, -0.2) is 71.7 Å². The van der Waals surface area contributed by atoms with Gasteiger partial charge in [-0.3, -0.25) is 14.2 Å². The molecule has 0 spiro atoms. The van der Waals surface area contributed by atoms with Gasteiger partial charge in [-0.05, 0) is 12.1 Å². The summed E-state index contributed by atoms with van der Waals surface area (Å²) in [6.07, 6.45) is 2.54. The molecule has 2 amide bonds. The number of halogens is 2. The Bertz CT molecular complexity index is 1020. The molecule has 0 aliphatic carbocycles. The van der Waals surface area contributed by atoms with Gasteiger partial charge in [0.25, 0.3) is 0 Å². The molecule has 1 N–H and O–H groups in total. The molecule has 0 atom stereocenters. The van der Waals surface area contributed by atoms with Gasteiger partial charge in [-0.2, -0.15) is 13.1 Å². The van der Waals surface area contributed by atoms with E-state index in [-0.39, 0.29) is 74.5 Å². The second-order valence-electron chi connectivity index (χ2n) is 7.23. The van der Waals surface area contributed by atoms with E-state index in [0.29, 0.717) is 0 Å². The predicted molar refractivity (Wildman–Crippen MR) is 111 cm³/mol. The van der Waals surface area contributed by atoms with Crippen LogP contribution in [0.5, 0.6) is 0 Å². The van der Waals surface area contributed by atoms with E-state index >= 15 is 0 Å². The Kier molecular flexibility index (Phi) is 7.91. The average molecular weight is 470 g/mol. The molecule has 0 bridgehead atoms. The summed E-state index contributed by atoms with van der Waals surface area (Å²) in [5.41, 5.74) is 0. The van der Waals surface area contributed by atoms with Crippen LogP contribution in [0.25, 0.3) is 0 Å². The molecule has 0 saturated carbocycles. The third-order valence-corrected chi connectivity index (χ3v) is 7.08. The van der Waals surface area contributed by atoms with Crippen molar-refractivity contribution in [3.05, 3.63) is 48.5 Å². The highest BCUT2D eigenvalue weighted by atomic mass is 32.2. The van der Waals surface area contributed by atoms with Gasteiger partial charge in [0.15, 0.2) is 0 Å². The van der Waals surface area contributed by atoms with Crippen molar-refractivity contribution in [1.82, 2.24) is 24.1 Å². The van der Waals surface area contributed by atoms with Crippen LogP contribution in [0, 0.1) is 0 Å². The Balaban J connectivity index is 1.38. The lowest BCUT2D eigenvalue weighted by atomic mass is 10.2. The zero-order valence-corrected chi connectivity index (χ0v) is 18.2. The van der Waals surface area contributed by atoms with E-state index in [0.717, 1.165) is 4.57 Å². The van der Waals surface area contributed by atoms with Gasteiger partial charge in [0.05, 0.1) is 4.90 Å². The number of alkyl halides is 2. The zero-order chi connectivity index (χ0) is 23.1. The maximum Gasteiger partial charge on any atom is 0.319 e. The van der Waals surface area contributed by atoms with Crippen molar-refractivity contribution < 1.29 is 26.8 Å². The van der Waals surface area contributed by atoms with E-state index in [2.05, 4.69) is 10.3 Å². The zero-order valence-electron chi connectivity index (χ0n) is 17.4. The first-order chi connectivity index (χ1) is 15.3. The molecule has 0 radical (unpaired) electrons. The first kappa shape index (κ1) is 23.8. The molecule has 1 aliphatic rings. The summed E-state index contributed by atoms with van der Waals surface area (Å²) in [6.45, 7) is -1.68. The molecule has 1 aromatic heterocycles. The number of nitrogens with zero attached hydrogens (tertiary/aromatic N) is 4. The van der Waals surface area contributed by atoms with Gasteiger partial charge < -0.3 is 10.2 Å². The molecule has 1 saturated heterocycles. The van der Waals surface area contributed by atoms with Gasteiger partial charge in [-0.1, -0.05) is 18.2 Å². The lowest BCUT2D eigenvalue weighted by Gasteiger charge is -2.34. The Morgan fingerprint density at radius 1 is 1.06 bits per heavy atom. The Hall–Kier alpha value is -2.86. The van der Waals surface area contributed by atoms with Crippen molar-refractivity contribution in [2.75, 3.05) is 32.7 Å². The summed E-state index contributed by atoms with van der Waals surface area (Å²) in [5.74, 6) is -0.427. The second-order valence-corrected chi connectivity index (χ2v) is 9.16. The summed E-state index contributed by atoms with van der Waals surface area (Å²) in [5, 5.41) is 2.60. The van der Waals surface area contributed by atoms with Crippen LogP contribution in [0.4, 0.5) is 8.78 Å². The Morgan fingerprint density at radius 3 is 2.41 bits per heavy atom. The van der Waals surface area contributed by atoms with Crippen molar-refractivity contribution in [1.29, 1.82) is 0 Å². The van der Waals surface area contributed by atoms with Crippen LogP contribution in [-0.2, 0) is 26.0 Å². The summed E-state index contributed by atoms with van der Waals surface area (Å²) in [6, 6.07) is 8.12. The highest BCUT2D eigenvalue weighted by Crippen LogP contribution is 2.17. The smallest absolute Gasteiger partial charge is 0.319 e. The number of carbonyl (C=O) groups is 2. The Morgan fingerprint density at radius 2 is 1.75 bits per heavy atom. The molecule has 9 nitrogen and oxygen atoms in total. The number of sulfonamides is 1. The molecule has 2 aromatic rings. The lowest BCUT2D eigenvalue weighted by molar-refractivity contribution is -0.134. The fourth-order valence-corrected chi connectivity index (χ4v) is 4.86. The fourth-order valence-electron chi connectivity index (χ4n) is 3.42. The monoisotopic (exact) mass is 469 g/mol. The first-order valence-corrected chi connectivity index (χ1v) is 11.6. The third kappa shape index (κ3) is 5.88. The topological polar surface area (TPSA) is 105 Å². The van der Waals surface area contributed by atoms with Crippen molar-refractivity contribution >= 4 is 21.8 Å². The number of piperazine rings is 1. The number of carbonyl (C=O) groups excluding carboxylic acids is 2. The van der Waals surface area contributed by atoms with Gasteiger partial charge in [0, 0.05) is 64.4 Å². The minimum atomic E-state index is -3.60. The van der Waals surface area contributed by atoms with E-state index in [4.69, 9.17) is 0 Å². The van der Waals surface area contributed by atoms with E-state index in [1.807, 2.05) is 0 Å². The summed E-state index contributed by atoms with van der Waals surface area (Å²) >= 11 is 0. The Labute approximate surface area is 185 Å². The maximum absolute atomic E-state index is 12.8. The summed E-state index contributed by atoms with van der Waals surface area (Å²) in [4.78, 5) is 30.0. The van der Waals surface area contributed by atoms with Crippen molar-refractivity contribution in [2.24, 2.45) is 0 Å². The molecule has 2 heterocycles. The SMILES string of the molecule is O=C(CCC(=O)N1CCN(S(=O)(=O)c2ccccc2)CC1)NCCc1nccn1C(F)F.